The summed E-state index contributed by atoms with van der Waals surface area (Å²) >= 11 is 6.56. The number of likely N-dealkylation sites (N-methyl/N-ethyl adjacent to an activating group) is 1. The molecule has 1 N–H and O–H groups in total. The number of rotatable bonds is 4. The van der Waals surface area contributed by atoms with Crippen molar-refractivity contribution < 1.29 is 24.2 Å². The van der Waals surface area contributed by atoms with Crippen LogP contribution in [0.1, 0.15) is 19.4 Å². The average molecular weight is 514 g/mol. The van der Waals surface area contributed by atoms with Gasteiger partial charge < -0.3 is 24.5 Å². The summed E-state index contributed by atoms with van der Waals surface area (Å²) in [5, 5.41) is 10.8. The zero-order valence-corrected chi connectivity index (χ0v) is 21.7. The maximum absolute atomic E-state index is 14.4. The van der Waals surface area contributed by atoms with Gasteiger partial charge >= 0.3 is 0 Å². The lowest BCUT2D eigenvalue weighted by Gasteiger charge is -2.40. The molecule has 0 bridgehead atoms. The molecule has 1 aromatic carbocycles. The maximum atomic E-state index is 14.4. The number of aliphatic hydroxyl groups is 1. The summed E-state index contributed by atoms with van der Waals surface area (Å²) in [4.78, 5) is 46.8. The predicted octanol–water partition coefficient (Wildman–Crippen LogP) is 2.18. The Morgan fingerprint density at radius 1 is 1.14 bits per heavy atom. The largest absolute Gasteiger partial charge is 0.394 e. The molecule has 1 aromatic rings. The number of carbonyl (C=O) groups is 3. The van der Waals surface area contributed by atoms with E-state index >= 15 is 0 Å². The average Bonchev–Trinajstić information content (AvgIpc) is 3.15. The predicted molar refractivity (Wildman–Crippen MR) is 135 cm³/mol. The van der Waals surface area contributed by atoms with Crippen molar-refractivity contribution in [3.05, 3.63) is 53.1 Å². The van der Waals surface area contributed by atoms with Crippen LogP contribution in [0.4, 0.5) is 5.69 Å². The van der Waals surface area contributed by atoms with E-state index in [0.29, 0.717) is 17.3 Å². The highest BCUT2D eigenvalue weighted by Gasteiger charge is 2.72. The Balaban J connectivity index is 1.69. The molecular weight excluding hydrogens is 482 g/mol. The van der Waals surface area contributed by atoms with Crippen molar-refractivity contribution in [1.82, 2.24) is 9.80 Å². The Labute approximate surface area is 216 Å². The Bertz CT molecular complexity index is 1150. The number of aryl methyl sites for hydroxylation is 1. The Morgan fingerprint density at radius 3 is 2.56 bits per heavy atom. The molecule has 192 valence electrons. The molecule has 8 nitrogen and oxygen atoms in total. The Hall–Kier alpha value is -2.68. The minimum Gasteiger partial charge on any atom is -0.394 e. The third-order valence-corrected chi connectivity index (χ3v) is 8.38. The smallest absolute Gasteiger partial charge is 0.253 e. The molecule has 6 atom stereocenters. The molecule has 0 aliphatic carbocycles. The van der Waals surface area contributed by atoms with E-state index in [-0.39, 0.29) is 36.8 Å². The van der Waals surface area contributed by atoms with E-state index in [1.54, 1.807) is 29.0 Å². The van der Waals surface area contributed by atoms with E-state index in [4.69, 9.17) is 16.3 Å². The number of hydrogen-bond acceptors (Lipinski definition) is 5. The monoisotopic (exact) mass is 513 g/mol. The number of carbonyl (C=O) groups excluding carboxylic acids is 3. The second kappa shape index (κ2) is 9.01. The number of halogens is 1. The lowest BCUT2D eigenvalue weighted by atomic mass is 9.77. The van der Waals surface area contributed by atoms with Crippen molar-refractivity contribution >= 4 is 35.0 Å². The van der Waals surface area contributed by atoms with E-state index in [2.05, 4.69) is 0 Å². The van der Waals surface area contributed by atoms with Crippen molar-refractivity contribution in [3.8, 4) is 0 Å². The molecule has 9 heteroatoms. The molecule has 2 fully saturated rings. The summed E-state index contributed by atoms with van der Waals surface area (Å²) in [5.74, 6) is -2.64. The molecule has 0 radical (unpaired) electrons. The second-order valence-corrected chi connectivity index (χ2v) is 10.9. The van der Waals surface area contributed by atoms with E-state index in [9.17, 15) is 19.5 Å². The summed E-state index contributed by atoms with van der Waals surface area (Å²) in [5.41, 5.74) is 0.0654. The molecule has 1 unspecified atom stereocenters. The van der Waals surface area contributed by atoms with Crippen molar-refractivity contribution in [2.45, 2.75) is 44.6 Å². The first-order chi connectivity index (χ1) is 17.1. The first-order valence-corrected chi connectivity index (χ1v) is 12.8. The van der Waals surface area contributed by atoms with Gasteiger partial charge in [-0.3, -0.25) is 14.4 Å². The summed E-state index contributed by atoms with van der Waals surface area (Å²) in [6.07, 6.45) is 6.70. The van der Waals surface area contributed by atoms with Crippen LogP contribution in [-0.4, -0.2) is 83.2 Å². The van der Waals surface area contributed by atoms with Crippen LogP contribution in [-0.2, 0) is 19.1 Å². The fourth-order valence-electron chi connectivity index (χ4n) is 6.35. The SMILES string of the molecule is Cc1cccc(Cl)c1N1CC=C[C@]23O[C@@H]4C=CCN(C)C(=O)[C@@H]4[C@H]2C(=O)N([C@@H](CO)C(C)C)C3C1=O. The number of amides is 3. The molecule has 2 saturated heterocycles. The van der Waals surface area contributed by atoms with Crippen LogP contribution in [0.3, 0.4) is 0 Å². The molecule has 36 heavy (non-hydrogen) atoms. The molecule has 4 heterocycles. The van der Waals surface area contributed by atoms with Gasteiger partial charge in [0.2, 0.25) is 11.8 Å². The normalized spacial score (nSPS) is 32.5. The molecule has 3 amide bonds. The molecular formula is C27H32ClN3O5. The lowest BCUT2D eigenvalue weighted by molar-refractivity contribution is -0.147. The van der Waals surface area contributed by atoms with Gasteiger partial charge in [-0.15, -0.1) is 0 Å². The van der Waals surface area contributed by atoms with Gasteiger partial charge in [-0.25, -0.2) is 0 Å². The van der Waals surface area contributed by atoms with Crippen LogP contribution in [0.15, 0.2) is 42.5 Å². The first kappa shape index (κ1) is 25.0. The standard InChI is InChI=1S/C27H32ClN3O5/c1-15(2)18(14-32)31-23-26(35)30(22-16(3)8-5-9-17(22)28)13-7-11-27(23)21(25(31)34)20-19(36-27)10-6-12-29(4)24(20)33/h5-11,15,18-21,23,32H,12-14H2,1-4H3/t18-,19+,20-,21-,23?,27-/m0/s1. The fraction of sp³-hybridized carbons (Fsp3) is 0.519. The summed E-state index contributed by atoms with van der Waals surface area (Å²) < 4.78 is 6.60. The lowest BCUT2D eigenvalue weighted by Crippen LogP contribution is -2.59. The number of anilines is 1. The number of ether oxygens (including phenoxy) is 1. The highest BCUT2D eigenvalue weighted by Crippen LogP contribution is 2.54. The van der Waals surface area contributed by atoms with Crippen LogP contribution >= 0.6 is 11.6 Å². The van der Waals surface area contributed by atoms with Crippen LogP contribution in [0.25, 0.3) is 0 Å². The summed E-state index contributed by atoms with van der Waals surface area (Å²) in [6.45, 7) is 6.04. The van der Waals surface area contributed by atoms with E-state index in [1.807, 2.05) is 51.1 Å². The van der Waals surface area contributed by atoms with Gasteiger partial charge in [0.05, 0.1) is 41.3 Å². The van der Waals surface area contributed by atoms with Gasteiger partial charge in [0.15, 0.2) is 0 Å². The van der Waals surface area contributed by atoms with E-state index < -0.39 is 35.6 Å². The van der Waals surface area contributed by atoms with Crippen molar-refractivity contribution in [1.29, 1.82) is 0 Å². The minimum absolute atomic E-state index is 0.131. The third kappa shape index (κ3) is 3.45. The van der Waals surface area contributed by atoms with Crippen LogP contribution in [0, 0.1) is 24.7 Å². The zero-order chi connectivity index (χ0) is 25.9. The number of para-hydroxylation sites is 1. The Kier molecular flexibility index (Phi) is 6.25. The number of hydrogen-bond donors (Lipinski definition) is 1. The summed E-state index contributed by atoms with van der Waals surface area (Å²) in [7, 11) is 1.70. The zero-order valence-electron chi connectivity index (χ0n) is 20.9. The first-order valence-electron chi connectivity index (χ1n) is 12.4. The topological polar surface area (TPSA) is 90.4 Å². The van der Waals surface area contributed by atoms with Gasteiger partial charge in [-0.1, -0.05) is 61.9 Å². The van der Waals surface area contributed by atoms with Crippen molar-refractivity contribution in [2.75, 3.05) is 31.6 Å². The number of fused-ring (bicyclic) bond motifs is 2. The fourth-order valence-corrected chi connectivity index (χ4v) is 6.67. The number of benzene rings is 1. The summed E-state index contributed by atoms with van der Waals surface area (Å²) in [6, 6.07) is 3.77. The maximum Gasteiger partial charge on any atom is 0.253 e. The number of likely N-dealkylation sites (tertiary alicyclic amines) is 1. The van der Waals surface area contributed by atoms with Crippen LogP contribution in [0.5, 0.6) is 0 Å². The second-order valence-electron chi connectivity index (χ2n) is 10.5. The number of aliphatic hydroxyl groups excluding tert-OH is 1. The van der Waals surface area contributed by atoms with Crippen LogP contribution < -0.4 is 4.90 Å². The van der Waals surface area contributed by atoms with Gasteiger partial charge in [0, 0.05) is 20.1 Å². The molecule has 5 rings (SSSR count). The number of nitrogens with zero attached hydrogens (tertiary/aromatic N) is 3. The Morgan fingerprint density at radius 2 is 1.89 bits per heavy atom. The molecule has 4 aliphatic rings. The van der Waals surface area contributed by atoms with Crippen molar-refractivity contribution in [2.24, 2.45) is 17.8 Å². The third-order valence-electron chi connectivity index (χ3n) is 8.07. The van der Waals surface area contributed by atoms with E-state index in [1.165, 1.54) is 4.90 Å². The minimum atomic E-state index is -1.34. The quantitative estimate of drug-likeness (QED) is 0.623. The van der Waals surface area contributed by atoms with Crippen LogP contribution in [0.2, 0.25) is 5.02 Å². The molecule has 1 spiro atoms. The molecule has 0 aromatic heterocycles. The molecule has 4 aliphatic heterocycles. The highest BCUT2D eigenvalue weighted by atomic mass is 35.5. The van der Waals surface area contributed by atoms with Crippen molar-refractivity contribution in [3.63, 3.8) is 0 Å². The van der Waals surface area contributed by atoms with Gasteiger partial charge in [-0.2, -0.15) is 0 Å². The van der Waals surface area contributed by atoms with Gasteiger partial charge in [0.1, 0.15) is 11.6 Å². The van der Waals surface area contributed by atoms with Gasteiger partial charge in [0.25, 0.3) is 5.91 Å². The van der Waals surface area contributed by atoms with Gasteiger partial charge in [-0.05, 0) is 24.5 Å². The van der Waals surface area contributed by atoms with E-state index in [0.717, 1.165) is 5.56 Å². The molecule has 0 saturated carbocycles. The highest BCUT2D eigenvalue weighted by molar-refractivity contribution is 6.34.